The Balaban J connectivity index is 1.33. The average molecular weight is 458 g/mol. The van der Waals surface area contributed by atoms with E-state index in [1.54, 1.807) is 30.3 Å². The van der Waals surface area contributed by atoms with Crippen molar-refractivity contribution in [2.24, 2.45) is 0 Å². The average Bonchev–Trinajstić information content (AvgIpc) is 2.73. The maximum Gasteiger partial charge on any atom is 0.256 e. The summed E-state index contributed by atoms with van der Waals surface area (Å²) in [6, 6.07) is 14.2. The minimum atomic E-state index is -1.32. The lowest BCUT2D eigenvalue weighted by Crippen LogP contribution is -2.62. The zero-order valence-electron chi connectivity index (χ0n) is 16.8. The first kappa shape index (κ1) is 21.6. The molecule has 1 aromatic heterocycles. The van der Waals surface area contributed by atoms with Gasteiger partial charge in [-0.15, -0.1) is 0 Å². The molecule has 2 amide bonds. The Labute approximate surface area is 190 Å². The number of benzene rings is 2. The van der Waals surface area contributed by atoms with Crippen molar-refractivity contribution in [2.45, 2.75) is 18.6 Å². The van der Waals surface area contributed by atoms with Gasteiger partial charge in [0.25, 0.3) is 5.91 Å². The second kappa shape index (κ2) is 8.83. The smallest absolute Gasteiger partial charge is 0.256 e. The van der Waals surface area contributed by atoms with Gasteiger partial charge >= 0.3 is 0 Å². The molecule has 160 valence electrons. The van der Waals surface area contributed by atoms with Crippen molar-refractivity contribution >= 4 is 45.9 Å². The summed E-state index contributed by atoms with van der Waals surface area (Å²) in [6.45, 7) is 0.747. The number of carbonyl (C=O) groups excluding carboxylic acids is 2. The quantitative estimate of drug-likeness (QED) is 0.636. The highest BCUT2D eigenvalue weighted by Gasteiger charge is 2.37. The highest BCUT2D eigenvalue weighted by molar-refractivity contribution is 6.42. The number of hydrogen-bond donors (Lipinski definition) is 1. The minimum absolute atomic E-state index is 0.0302. The van der Waals surface area contributed by atoms with Crippen molar-refractivity contribution in [1.82, 2.24) is 14.8 Å². The van der Waals surface area contributed by atoms with Crippen molar-refractivity contribution in [1.29, 1.82) is 0 Å². The Bertz CT molecular complexity index is 1150. The zero-order valence-corrected chi connectivity index (χ0v) is 18.3. The van der Waals surface area contributed by atoms with Gasteiger partial charge in [-0.1, -0.05) is 47.5 Å². The minimum Gasteiger partial charge on any atom is -0.378 e. The Morgan fingerprint density at radius 3 is 2.68 bits per heavy atom. The van der Waals surface area contributed by atoms with E-state index >= 15 is 0 Å². The van der Waals surface area contributed by atoms with Crippen LogP contribution in [0.15, 0.2) is 54.7 Å². The fraction of sp³-hybridized carbons (Fsp3) is 0.261. The number of amides is 2. The van der Waals surface area contributed by atoms with Gasteiger partial charge < -0.3 is 14.9 Å². The number of pyridine rings is 1. The van der Waals surface area contributed by atoms with Crippen LogP contribution < -0.4 is 0 Å². The van der Waals surface area contributed by atoms with Crippen molar-refractivity contribution in [2.75, 3.05) is 20.1 Å². The lowest BCUT2D eigenvalue weighted by Gasteiger charge is -2.44. The summed E-state index contributed by atoms with van der Waals surface area (Å²) in [5.74, 6) is -0.450. The summed E-state index contributed by atoms with van der Waals surface area (Å²) >= 11 is 11.9. The van der Waals surface area contributed by atoms with E-state index in [0.717, 1.165) is 16.5 Å². The van der Waals surface area contributed by atoms with Crippen LogP contribution in [0.5, 0.6) is 0 Å². The molecule has 8 heteroatoms. The van der Waals surface area contributed by atoms with Crippen LogP contribution in [0, 0.1) is 0 Å². The van der Waals surface area contributed by atoms with Gasteiger partial charge in [0.1, 0.15) is 0 Å². The van der Waals surface area contributed by atoms with Crippen LogP contribution in [0.1, 0.15) is 17.2 Å². The molecule has 0 spiro atoms. The molecule has 0 aliphatic carbocycles. The second-order valence-corrected chi connectivity index (χ2v) is 8.50. The SMILES string of the molecule is CN(C(=O)Cc1ccc2cccnc2c1)C1CN(C(=O)C(O)c2ccc(Cl)c(Cl)c2)C1. The Morgan fingerprint density at radius 2 is 1.94 bits per heavy atom. The van der Waals surface area contributed by atoms with Gasteiger partial charge in [0.15, 0.2) is 6.10 Å². The number of aliphatic hydroxyl groups is 1. The van der Waals surface area contributed by atoms with Crippen LogP contribution in [0.3, 0.4) is 0 Å². The summed E-state index contributed by atoms with van der Waals surface area (Å²) in [7, 11) is 1.74. The van der Waals surface area contributed by atoms with Gasteiger partial charge in [-0.3, -0.25) is 14.6 Å². The first-order chi connectivity index (χ1) is 14.8. The number of fused-ring (bicyclic) bond motifs is 1. The van der Waals surface area contributed by atoms with E-state index in [0.29, 0.717) is 23.7 Å². The van der Waals surface area contributed by atoms with Crippen molar-refractivity contribution in [3.63, 3.8) is 0 Å². The molecule has 0 radical (unpaired) electrons. The van der Waals surface area contributed by atoms with Crippen LogP contribution in [0.4, 0.5) is 0 Å². The number of aromatic nitrogens is 1. The molecule has 1 fully saturated rings. The van der Waals surface area contributed by atoms with Gasteiger partial charge in [-0.25, -0.2) is 0 Å². The third kappa shape index (κ3) is 4.51. The van der Waals surface area contributed by atoms with E-state index < -0.39 is 12.0 Å². The third-order valence-corrected chi connectivity index (χ3v) is 6.37. The normalized spacial score (nSPS) is 14.9. The lowest BCUT2D eigenvalue weighted by molar-refractivity contribution is -0.151. The molecule has 1 aliphatic rings. The fourth-order valence-electron chi connectivity index (χ4n) is 3.60. The molecule has 1 aliphatic heterocycles. The molecule has 4 rings (SSSR count). The Hall–Kier alpha value is -2.67. The van der Waals surface area contributed by atoms with E-state index in [4.69, 9.17) is 23.2 Å². The van der Waals surface area contributed by atoms with Crippen LogP contribution >= 0.6 is 23.2 Å². The van der Waals surface area contributed by atoms with E-state index in [9.17, 15) is 14.7 Å². The predicted molar refractivity (Wildman–Crippen MR) is 120 cm³/mol. The molecule has 1 unspecified atom stereocenters. The summed E-state index contributed by atoms with van der Waals surface area (Å²) in [4.78, 5) is 32.8. The molecule has 3 aromatic rings. The van der Waals surface area contributed by atoms with Crippen LogP contribution in [-0.2, 0) is 16.0 Å². The molecule has 31 heavy (non-hydrogen) atoms. The molecule has 1 saturated heterocycles. The van der Waals surface area contributed by atoms with Crippen molar-refractivity contribution < 1.29 is 14.7 Å². The standard InChI is InChI=1S/C23H21Cl2N3O3/c1-27(21(29)10-14-4-5-15-3-2-8-26-20(15)9-14)17-12-28(13-17)23(31)22(30)16-6-7-18(24)19(25)11-16/h2-9,11,17,22,30H,10,12-13H2,1H3. The lowest BCUT2D eigenvalue weighted by atomic mass is 10.0. The van der Waals surface area contributed by atoms with E-state index in [1.807, 2.05) is 30.3 Å². The maximum atomic E-state index is 12.7. The van der Waals surface area contributed by atoms with E-state index in [1.165, 1.54) is 11.0 Å². The number of carbonyl (C=O) groups is 2. The second-order valence-electron chi connectivity index (χ2n) is 7.69. The van der Waals surface area contributed by atoms with Gasteiger partial charge in [0.2, 0.25) is 5.91 Å². The molecule has 2 heterocycles. The number of likely N-dealkylation sites (N-methyl/N-ethyl adjacent to an activating group) is 1. The summed E-state index contributed by atoms with van der Waals surface area (Å²) in [5, 5.41) is 12.0. The van der Waals surface area contributed by atoms with Crippen LogP contribution in [0.2, 0.25) is 10.0 Å². The van der Waals surface area contributed by atoms with E-state index in [2.05, 4.69) is 4.98 Å². The van der Waals surface area contributed by atoms with Gasteiger partial charge in [-0.2, -0.15) is 0 Å². The number of rotatable bonds is 5. The Kier molecular flexibility index (Phi) is 6.14. The number of halogens is 2. The monoisotopic (exact) mass is 457 g/mol. The molecular formula is C23H21Cl2N3O3. The maximum absolute atomic E-state index is 12.7. The molecule has 6 nitrogen and oxygen atoms in total. The molecular weight excluding hydrogens is 437 g/mol. The topological polar surface area (TPSA) is 73.7 Å². The number of nitrogens with zero attached hydrogens (tertiary/aromatic N) is 3. The molecule has 0 saturated carbocycles. The molecule has 1 N–H and O–H groups in total. The highest BCUT2D eigenvalue weighted by Crippen LogP contribution is 2.28. The molecule has 2 aromatic carbocycles. The highest BCUT2D eigenvalue weighted by atomic mass is 35.5. The first-order valence-corrected chi connectivity index (χ1v) is 10.6. The molecule has 1 atom stereocenters. The first-order valence-electron chi connectivity index (χ1n) is 9.84. The summed E-state index contributed by atoms with van der Waals surface area (Å²) in [5.41, 5.74) is 2.13. The van der Waals surface area contributed by atoms with Crippen molar-refractivity contribution in [3.8, 4) is 0 Å². The van der Waals surface area contributed by atoms with Crippen LogP contribution in [0.25, 0.3) is 10.9 Å². The predicted octanol–water partition coefficient (Wildman–Crippen LogP) is 3.49. The van der Waals surface area contributed by atoms with Crippen molar-refractivity contribution in [3.05, 3.63) is 75.9 Å². The number of likely N-dealkylation sites (tertiary alicyclic amines) is 1. The Morgan fingerprint density at radius 1 is 1.16 bits per heavy atom. The van der Waals surface area contributed by atoms with Gasteiger partial charge in [0, 0.05) is 31.7 Å². The number of aliphatic hydroxyl groups excluding tert-OH is 1. The summed E-state index contributed by atoms with van der Waals surface area (Å²) < 4.78 is 0. The largest absolute Gasteiger partial charge is 0.378 e. The van der Waals surface area contributed by atoms with E-state index in [-0.39, 0.29) is 23.4 Å². The third-order valence-electron chi connectivity index (χ3n) is 5.63. The summed E-state index contributed by atoms with van der Waals surface area (Å²) in [6.07, 6.45) is 0.674. The fourth-order valence-corrected chi connectivity index (χ4v) is 3.91. The molecule has 0 bridgehead atoms. The number of hydrogen-bond acceptors (Lipinski definition) is 4. The van der Waals surface area contributed by atoms with Gasteiger partial charge in [-0.05, 0) is 35.4 Å². The zero-order chi connectivity index (χ0) is 22.1. The van der Waals surface area contributed by atoms with Gasteiger partial charge in [0.05, 0.1) is 28.0 Å². The van der Waals surface area contributed by atoms with Crippen LogP contribution in [-0.4, -0.2) is 57.9 Å².